The van der Waals surface area contributed by atoms with E-state index in [1.54, 1.807) is 6.07 Å². The van der Waals surface area contributed by atoms with E-state index in [4.69, 9.17) is 0 Å². The SMILES string of the molecule is CCCCNc1nnc(S[C@H](C)C(=O)N2CC(=O)Nc3ccccc32)s1. The van der Waals surface area contributed by atoms with Gasteiger partial charge in [-0.1, -0.05) is 48.6 Å². The first kappa shape index (κ1) is 18.7. The molecule has 1 aromatic carbocycles. The van der Waals surface area contributed by atoms with E-state index in [1.807, 2.05) is 25.1 Å². The van der Waals surface area contributed by atoms with Gasteiger partial charge in [0.2, 0.25) is 16.9 Å². The number of nitrogens with one attached hydrogen (secondary N) is 2. The molecule has 0 saturated carbocycles. The van der Waals surface area contributed by atoms with Crippen LogP contribution < -0.4 is 15.5 Å². The highest BCUT2D eigenvalue weighted by Gasteiger charge is 2.30. The molecule has 2 N–H and O–H groups in total. The molecule has 0 aliphatic carbocycles. The maximum absolute atomic E-state index is 12.9. The molecule has 2 aromatic rings. The zero-order valence-electron chi connectivity index (χ0n) is 14.7. The number of thioether (sulfide) groups is 1. The van der Waals surface area contributed by atoms with Crippen molar-refractivity contribution < 1.29 is 9.59 Å². The molecule has 26 heavy (non-hydrogen) atoms. The number of amides is 2. The van der Waals surface area contributed by atoms with Gasteiger partial charge in [0.05, 0.1) is 16.6 Å². The number of nitrogens with zero attached hydrogens (tertiary/aromatic N) is 3. The second kappa shape index (κ2) is 8.50. The number of carbonyl (C=O) groups excluding carboxylic acids is 2. The van der Waals surface area contributed by atoms with E-state index in [2.05, 4.69) is 27.8 Å². The van der Waals surface area contributed by atoms with Gasteiger partial charge < -0.3 is 10.6 Å². The monoisotopic (exact) mass is 391 g/mol. The van der Waals surface area contributed by atoms with Crippen molar-refractivity contribution >= 4 is 51.4 Å². The number of carbonyl (C=O) groups is 2. The first-order valence-electron chi connectivity index (χ1n) is 8.52. The summed E-state index contributed by atoms with van der Waals surface area (Å²) < 4.78 is 0.736. The molecule has 9 heteroatoms. The molecule has 0 saturated heterocycles. The van der Waals surface area contributed by atoms with Gasteiger partial charge in [-0.15, -0.1) is 10.2 Å². The third-order valence-electron chi connectivity index (χ3n) is 3.88. The van der Waals surface area contributed by atoms with Crippen molar-refractivity contribution in [3.63, 3.8) is 0 Å². The minimum Gasteiger partial charge on any atom is -0.360 e. The highest BCUT2D eigenvalue weighted by molar-refractivity contribution is 8.02. The molecule has 7 nitrogen and oxygen atoms in total. The predicted molar refractivity (Wildman–Crippen MR) is 106 cm³/mol. The van der Waals surface area contributed by atoms with E-state index in [0.29, 0.717) is 5.69 Å². The smallest absolute Gasteiger partial charge is 0.244 e. The Bertz CT molecular complexity index is 795. The van der Waals surface area contributed by atoms with Gasteiger partial charge in [0.25, 0.3) is 0 Å². The van der Waals surface area contributed by atoms with Crippen molar-refractivity contribution in [1.82, 2.24) is 10.2 Å². The molecule has 0 bridgehead atoms. The second-order valence-corrected chi connectivity index (χ2v) is 8.47. The van der Waals surface area contributed by atoms with Crippen molar-refractivity contribution in [3.05, 3.63) is 24.3 Å². The van der Waals surface area contributed by atoms with Gasteiger partial charge in [-0.2, -0.15) is 0 Å². The number of rotatable bonds is 7. The van der Waals surface area contributed by atoms with E-state index in [1.165, 1.54) is 28.0 Å². The minimum absolute atomic E-state index is 0.0285. The number of hydrogen-bond acceptors (Lipinski definition) is 7. The van der Waals surface area contributed by atoms with Crippen molar-refractivity contribution in [3.8, 4) is 0 Å². The molecule has 3 rings (SSSR count). The first-order valence-corrected chi connectivity index (χ1v) is 10.2. The van der Waals surface area contributed by atoms with Crippen LogP contribution in [0.2, 0.25) is 0 Å². The topological polar surface area (TPSA) is 87.2 Å². The summed E-state index contributed by atoms with van der Waals surface area (Å²) >= 11 is 2.80. The average molecular weight is 392 g/mol. The highest BCUT2D eigenvalue weighted by Crippen LogP contribution is 2.33. The lowest BCUT2D eigenvalue weighted by molar-refractivity contribution is -0.121. The van der Waals surface area contributed by atoms with Crippen molar-refractivity contribution in [2.24, 2.45) is 0 Å². The molecular weight excluding hydrogens is 370 g/mol. The molecule has 2 heterocycles. The Morgan fingerprint density at radius 3 is 3.04 bits per heavy atom. The van der Waals surface area contributed by atoms with Crippen molar-refractivity contribution in [2.45, 2.75) is 36.3 Å². The number of para-hydroxylation sites is 2. The van der Waals surface area contributed by atoms with Gasteiger partial charge in [0.15, 0.2) is 4.34 Å². The minimum atomic E-state index is -0.370. The van der Waals surface area contributed by atoms with Gasteiger partial charge in [-0.05, 0) is 25.5 Å². The van der Waals surface area contributed by atoms with E-state index in [-0.39, 0.29) is 23.6 Å². The maximum Gasteiger partial charge on any atom is 0.244 e. The molecular formula is C17H21N5O2S2. The zero-order valence-corrected chi connectivity index (χ0v) is 16.3. The lowest BCUT2D eigenvalue weighted by atomic mass is 10.2. The molecule has 1 atom stereocenters. The van der Waals surface area contributed by atoms with E-state index < -0.39 is 0 Å². The van der Waals surface area contributed by atoms with Crippen LogP contribution in [0.5, 0.6) is 0 Å². The van der Waals surface area contributed by atoms with E-state index in [9.17, 15) is 9.59 Å². The van der Waals surface area contributed by atoms with E-state index >= 15 is 0 Å². The molecule has 0 unspecified atom stereocenters. The van der Waals surface area contributed by atoms with Crippen LogP contribution in [0.3, 0.4) is 0 Å². The fourth-order valence-corrected chi connectivity index (χ4v) is 4.54. The van der Waals surface area contributed by atoms with Gasteiger partial charge in [-0.3, -0.25) is 14.5 Å². The number of fused-ring (bicyclic) bond motifs is 1. The molecule has 2 amide bonds. The summed E-state index contributed by atoms with van der Waals surface area (Å²) in [6.07, 6.45) is 2.19. The number of unbranched alkanes of at least 4 members (excludes halogenated alkanes) is 1. The Morgan fingerprint density at radius 2 is 2.23 bits per heavy atom. The highest BCUT2D eigenvalue weighted by atomic mass is 32.2. The summed E-state index contributed by atoms with van der Waals surface area (Å²) in [5, 5.41) is 14.7. The largest absolute Gasteiger partial charge is 0.360 e. The number of benzene rings is 1. The summed E-state index contributed by atoms with van der Waals surface area (Å²) in [6.45, 7) is 4.85. The molecule has 0 fully saturated rings. The number of anilines is 3. The Labute approximate surface area is 160 Å². The zero-order chi connectivity index (χ0) is 18.5. The lowest BCUT2D eigenvalue weighted by Crippen LogP contribution is -2.45. The van der Waals surface area contributed by atoms with Crippen LogP contribution in [0.4, 0.5) is 16.5 Å². The summed E-state index contributed by atoms with van der Waals surface area (Å²) in [4.78, 5) is 26.3. The summed E-state index contributed by atoms with van der Waals surface area (Å²) in [5.41, 5.74) is 1.39. The fourth-order valence-electron chi connectivity index (χ4n) is 2.55. The van der Waals surface area contributed by atoms with Gasteiger partial charge >= 0.3 is 0 Å². The first-order chi connectivity index (χ1) is 12.6. The van der Waals surface area contributed by atoms with Gasteiger partial charge in [0, 0.05) is 6.54 Å². The quantitative estimate of drug-likeness (QED) is 0.557. The Morgan fingerprint density at radius 1 is 1.42 bits per heavy atom. The standard InChI is InChI=1S/C17H21N5O2S2/c1-3-4-9-18-16-20-21-17(26-16)25-11(2)15(24)22-10-14(23)19-12-7-5-6-8-13(12)22/h5-8,11H,3-4,9-10H2,1-2H3,(H,18,20)(H,19,23)/t11-/m1/s1. The lowest BCUT2D eigenvalue weighted by Gasteiger charge is -2.30. The fraction of sp³-hybridized carbons (Fsp3) is 0.412. The second-order valence-electron chi connectivity index (χ2n) is 5.90. The molecule has 1 aliphatic heterocycles. The van der Waals surface area contributed by atoms with Crippen molar-refractivity contribution in [1.29, 1.82) is 0 Å². The van der Waals surface area contributed by atoms with Crippen LogP contribution in [0, 0.1) is 0 Å². The Hall–Kier alpha value is -2.13. The van der Waals surface area contributed by atoms with Gasteiger partial charge in [0.1, 0.15) is 6.54 Å². The van der Waals surface area contributed by atoms with Crippen LogP contribution in [0.15, 0.2) is 28.6 Å². The molecule has 1 aliphatic rings. The molecule has 138 valence electrons. The summed E-state index contributed by atoms with van der Waals surface area (Å²) in [5.74, 6) is -0.305. The van der Waals surface area contributed by atoms with Crippen LogP contribution >= 0.6 is 23.1 Å². The third-order valence-corrected chi connectivity index (χ3v) is 5.93. The normalized spacial score (nSPS) is 14.5. The predicted octanol–water partition coefficient (Wildman–Crippen LogP) is 3.22. The third kappa shape index (κ3) is 4.34. The van der Waals surface area contributed by atoms with E-state index in [0.717, 1.165) is 34.5 Å². The maximum atomic E-state index is 12.9. The van der Waals surface area contributed by atoms with Crippen LogP contribution in [-0.2, 0) is 9.59 Å². The summed E-state index contributed by atoms with van der Waals surface area (Å²) in [6, 6.07) is 7.32. The van der Waals surface area contributed by atoms with Gasteiger partial charge in [-0.25, -0.2) is 0 Å². The van der Waals surface area contributed by atoms with Crippen LogP contribution in [0.25, 0.3) is 0 Å². The number of hydrogen-bond donors (Lipinski definition) is 2. The molecule has 1 aromatic heterocycles. The molecule has 0 radical (unpaired) electrons. The molecule has 0 spiro atoms. The Kier molecular flexibility index (Phi) is 6.10. The van der Waals surface area contributed by atoms with Crippen LogP contribution in [-0.4, -0.2) is 40.4 Å². The van der Waals surface area contributed by atoms with Crippen LogP contribution in [0.1, 0.15) is 26.7 Å². The summed E-state index contributed by atoms with van der Waals surface area (Å²) in [7, 11) is 0. The Balaban J connectivity index is 1.66. The average Bonchev–Trinajstić information content (AvgIpc) is 3.07. The van der Waals surface area contributed by atoms with Crippen molar-refractivity contribution in [2.75, 3.05) is 28.6 Å². The number of aromatic nitrogens is 2.